The predicted molar refractivity (Wildman–Crippen MR) is 138 cm³/mol. The van der Waals surface area contributed by atoms with Crippen molar-refractivity contribution in [3.05, 3.63) is 22.9 Å². The number of fused-ring (bicyclic) bond motifs is 2. The quantitative estimate of drug-likeness (QED) is 0.548. The molecular formula is C25H39N7OS. The van der Waals surface area contributed by atoms with Crippen LogP contribution >= 0.6 is 11.8 Å². The van der Waals surface area contributed by atoms with Crippen LogP contribution in [0.5, 0.6) is 0 Å². The van der Waals surface area contributed by atoms with Crippen LogP contribution in [-0.2, 0) is 11.8 Å². The number of allylic oxidation sites excluding steroid dienone is 1. The van der Waals surface area contributed by atoms with E-state index in [1.807, 2.05) is 31.2 Å². The van der Waals surface area contributed by atoms with Crippen molar-refractivity contribution in [2.24, 2.45) is 35.5 Å². The van der Waals surface area contributed by atoms with Crippen LogP contribution in [0.4, 0.5) is 5.69 Å². The van der Waals surface area contributed by atoms with E-state index in [1.165, 1.54) is 42.6 Å². The minimum atomic E-state index is -0.187. The number of anilines is 1. The van der Waals surface area contributed by atoms with E-state index in [1.54, 1.807) is 4.68 Å². The standard InChI is InChI=1S/C25H39N7OS/c1-31(2)18-8-4-15(5-9-18)6-10-19-23-22-16(12-21(26)33)7-11-20(22)34-24(23)30-25(29-19)28-17-13-27-32(3)14-17/h13-16,18-19,23-24H,4-12H2,1-3H3,(H2,26,33)(H2,28,29,30). The first kappa shape index (κ1) is 23.7. The van der Waals surface area contributed by atoms with Crippen molar-refractivity contribution in [2.45, 2.75) is 75.2 Å². The summed E-state index contributed by atoms with van der Waals surface area (Å²) in [6.45, 7) is 0. The lowest BCUT2D eigenvalue weighted by Crippen LogP contribution is -2.51. The highest BCUT2D eigenvalue weighted by molar-refractivity contribution is 8.04. The van der Waals surface area contributed by atoms with Gasteiger partial charge in [0.25, 0.3) is 0 Å². The van der Waals surface area contributed by atoms with Crippen LogP contribution in [0.15, 0.2) is 27.9 Å². The molecule has 1 saturated carbocycles. The van der Waals surface area contributed by atoms with Gasteiger partial charge in [-0.05, 0) is 87.8 Å². The summed E-state index contributed by atoms with van der Waals surface area (Å²) >= 11 is 1.92. The van der Waals surface area contributed by atoms with Gasteiger partial charge in [0.2, 0.25) is 5.91 Å². The second-order valence-electron chi connectivity index (χ2n) is 10.8. The van der Waals surface area contributed by atoms with E-state index in [2.05, 4.69) is 34.7 Å². The van der Waals surface area contributed by atoms with Gasteiger partial charge >= 0.3 is 0 Å². The zero-order valence-electron chi connectivity index (χ0n) is 20.7. The van der Waals surface area contributed by atoms with Gasteiger partial charge in [-0.15, -0.1) is 11.8 Å². The molecule has 4 atom stereocenters. The van der Waals surface area contributed by atoms with Crippen LogP contribution < -0.4 is 16.4 Å². The molecule has 9 heteroatoms. The van der Waals surface area contributed by atoms with Crippen LogP contribution in [0.2, 0.25) is 0 Å². The van der Waals surface area contributed by atoms with Crippen LogP contribution in [0.3, 0.4) is 0 Å². The van der Waals surface area contributed by atoms with Gasteiger partial charge < -0.3 is 21.3 Å². The number of primary amides is 1. The fourth-order valence-electron chi connectivity index (χ4n) is 6.51. The number of aliphatic imine (C=N–C) groups is 1. The summed E-state index contributed by atoms with van der Waals surface area (Å²) in [7, 11) is 6.34. The third-order valence-corrected chi connectivity index (χ3v) is 9.64. The van der Waals surface area contributed by atoms with Crippen molar-refractivity contribution >= 4 is 29.3 Å². The number of nitrogens with zero attached hydrogens (tertiary/aromatic N) is 4. The molecular weight excluding hydrogens is 446 g/mol. The molecule has 5 rings (SSSR count). The summed E-state index contributed by atoms with van der Waals surface area (Å²) in [6, 6.07) is 1.06. The SMILES string of the molecule is CN(C)C1CCC(CCC2NC(Nc3cnn(C)c3)=NC3SC4=C(C(CC(N)=O)CC4)C23)CC1. The van der Waals surface area contributed by atoms with Crippen molar-refractivity contribution in [3.63, 3.8) is 0 Å². The number of guanidine groups is 1. The predicted octanol–water partition coefficient (Wildman–Crippen LogP) is 3.29. The van der Waals surface area contributed by atoms with E-state index in [0.29, 0.717) is 18.4 Å². The molecule has 34 heavy (non-hydrogen) atoms. The van der Waals surface area contributed by atoms with Crippen molar-refractivity contribution in [3.8, 4) is 0 Å². The molecule has 8 nitrogen and oxygen atoms in total. The van der Waals surface area contributed by atoms with E-state index in [0.717, 1.165) is 42.9 Å². The Bertz CT molecular complexity index is 962. The van der Waals surface area contributed by atoms with Crippen molar-refractivity contribution in [2.75, 3.05) is 19.4 Å². The molecule has 1 aromatic rings. The van der Waals surface area contributed by atoms with E-state index >= 15 is 0 Å². The molecule has 4 N–H and O–H groups in total. The van der Waals surface area contributed by atoms with E-state index in [9.17, 15) is 4.79 Å². The first-order valence-electron chi connectivity index (χ1n) is 12.8. The van der Waals surface area contributed by atoms with Crippen molar-refractivity contribution in [1.82, 2.24) is 20.0 Å². The van der Waals surface area contributed by atoms with Gasteiger partial charge in [-0.25, -0.2) is 4.99 Å². The Kier molecular flexibility index (Phi) is 6.93. The molecule has 0 saturated heterocycles. The molecule has 0 radical (unpaired) electrons. The summed E-state index contributed by atoms with van der Waals surface area (Å²) < 4.78 is 1.80. The minimum Gasteiger partial charge on any atom is -0.370 e. The maximum Gasteiger partial charge on any atom is 0.218 e. The van der Waals surface area contributed by atoms with Gasteiger partial charge in [-0.1, -0.05) is 0 Å². The number of thioether (sulfide) groups is 1. The van der Waals surface area contributed by atoms with Gasteiger partial charge in [-0.2, -0.15) is 5.10 Å². The summed E-state index contributed by atoms with van der Waals surface area (Å²) in [5.74, 6) is 2.10. The topological polar surface area (TPSA) is 101 Å². The van der Waals surface area contributed by atoms with E-state index < -0.39 is 0 Å². The lowest BCUT2D eigenvalue weighted by Gasteiger charge is -2.38. The number of hydrogen-bond acceptors (Lipinski definition) is 7. The lowest BCUT2D eigenvalue weighted by atomic mass is 9.78. The number of aryl methyl sites for hydroxylation is 1. The van der Waals surface area contributed by atoms with E-state index in [-0.39, 0.29) is 17.2 Å². The third kappa shape index (κ3) is 5.00. The molecule has 3 heterocycles. The maximum absolute atomic E-state index is 11.8. The minimum absolute atomic E-state index is 0.176. The Morgan fingerprint density at radius 1 is 1.26 bits per heavy atom. The fourth-order valence-corrected chi connectivity index (χ4v) is 8.11. The number of carbonyl (C=O) groups is 1. The maximum atomic E-state index is 11.8. The smallest absolute Gasteiger partial charge is 0.218 e. The second-order valence-corrected chi connectivity index (χ2v) is 12.0. The average Bonchev–Trinajstić information content (AvgIpc) is 3.48. The van der Waals surface area contributed by atoms with Gasteiger partial charge in [0.1, 0.15) is 5.37 Å². The Morgan fingerprint density at radius 3 is 2.74 bits per heavy atom. The zero-order chi connectivity index (χ0) is 23.8. The van der Waals surface area contributed by atoms with E-state index in [4.69, 9.17) is 10.7 Å². The fraction of sp³-hybridized carbons (Fsp3) is 0.720. The molecule has 186 valence electrons. The highest BCUT2D eigenvalue weighted by Crippen LogP contribution is 2.56. The number of aromatic nitrogens is 2. The first-order valence-corrected chi connectivity index (χ1v) is 13.7. The molecule has 4 aliphatic rings. The number of nitrogens with two attached hydrogens (primary N) is 1. The van der Waals surface area contributed by atoms with Crippen LogP contribution in [0.25, 0.3) is 0 Å². The molecule has 1 fully saturated rings. The zero-order valence-corrected chi connectivity index (χ0v) is 21.5. The average molecular weight is 486 g/mol. The van der Waals surface area contributed by atoms with Crippen molar-refractivity contribution < 1.29 is 4.79 Å². The Morgan fingerprint density at radius 2 is 2.06 bits per heavy atom. The number of rotatable bonds is 7. The molecule has 0 aromatic carbocycles. The Labute approximate surface area is 207 Å². The Hall–Kier alpha value is -2.00. The van der Waals surface area contributed by atoms with Gasteiger partial charge in [0, 0.05) is 37.7 Å². The Balaban J connectivity index is 1.31. The normalized spacial score (nSPS) is 32.9. The van der Waals surface area contributed by atoms with Crippen LogP contribution in [0, 0.1) is 17.8 Å². The van der Waals surface area contributed by atoms with Crippen LogP contribution in [0.1, 0.15) is 57.8 Å². The highest BCUT2D eigenvalue weighted by atomic mass is 32.2. The van der Waals surface area contributed by atoms with Crippen LogP contribution in [-0.4, -0.2) is 58.1 Å². The lowest BCUT2D eigenvalue weighted by molar-refractivity contribution is -0.118. The molecule has 1 amide bonds. The summed E-state index contributed by atoms with van der Waals surface area (Å²) in [6.07, 6.45) is 14.0. The third-order valence-electron chi connectivity index (χ3n) is 8.27. The molecule has 2 aliphatic carbocycles. The van der Waals surface area contributed by atoms with Gasteiger partial charge in [0.15, 0.2) is 5.96 Å². The molecule has 2 aliphatic heterocycles. The summed E-state index contributed by atoms with van der Waals surface area (Å²) in [5.41, 5.74) is 8.05. The molecule has 0 bridgehead atoms. The molecule has 0 spiro atoms. The number of hydrogen-bond donors (Lipinski definition) is 3. The highest BCUT2D eigenvalue weighted by Gasteiger charge is 2.48. The van der Waals surface area contributed by atoms with Gasteiger partial charge in [0.05, 0.1) is 11.9 Å². The number of carbonyl (C=O) groups excluding carboxylic acids is 1. The summed E-state index contributed by atoms with van der Waals surface area (Å²) in [5, 5.41) is 11.7. The monoisotopic (exact) mass is 485 g/mol. The van der Waals surface area contributed by atoms with Gasteiger partial charge in [-0.3, -0.25) is 9.48 Å². The summed E-state index contributed by atoms with van der Waals surface area (Å²) in [4.78, 5) is 20.7. The molecule has 4 unspecified atom stereocenters. The number of nitrogens with one attached hydrogen (secondary N) is 2. The van der Waals surface area contributed by atoms with Crippen molar-refractivity contribution in [1.29, 1.82) is 0 Å². The molecule has 1 aromatic heterocycles. The second kappa shape index (κ2) is 9.93. The number of amides is 1. The first-order chi connectivity index (χ1) is 16.4. The largest absolute Gasteiger partial charge is 0.370 e.